The van der Waals surface area contributed by atoms with Crippen molar-refractivity contribution in [1.82, 2.24) is 9.78 Å². The minimum atomic E-state index is -2.70. The summed E-state index contributed by atoms with van der Waals surface area (Å²) in [7, 11) is -0.518. The average Bonchev–Trinajstić information content (AvgIpc) is 3.46. The number of allylic oxidation sites excluding steroid dienone is 2. The first-order valence-electron chi connectivity index (χ1n) is 14.0. The maximum Gasteiger partial charge on any atom is 0.165 e. The Hall–Kier alpha value is -3.99. The van der Waals surface area contributed by atoms with Crippen LogP contribution in [0.25, 0.3) is 5.69 Å². The number of para-hydroxylation sites is 2. The van der Waals surface area contributed by atoms with E-state index in [1.807, 2.05) is 22.9 Å². The van der Waals surface area contributed by atoms with Gasteiger partial charge in [-0.15, -0.1) is 0 Å². The standard InChI is InChI=1S/C35H31BrN5P/c1-24-32-34(41(38-24)27-13-7-5-8-14-27)37-23-31(33-35(2,3)29-17-11-12-18-30(29)40(33)4)42(32,28-15-9-6-10-16-28)39-26-21-19-25(36)20-22-26/h5-23H,1-4H3/b33-31-. The van der Waals surface area contributed by atoms with Crippen molar-refractivity contribution in [1.29, 1.82) is 0 Å². The lowest BCUT2D eigenvalue weighted by Crippen LogP contribution is -2.30. The Bertz CT molecular complexity index is 1940. The summed E-state index contributed by atoms with van der Waals surface area (Å²) in [6, 6.07) is 38.1. The lowest BCUT2D eigenvalue weighted by molar-refractivity contribution is 0.639. The molecule has 5 aromatic rings. The number of aromatic nitrogens is 2. The first-order valence-corrected chi connectivity index (χ1v) is 16.6. The second-order valence-corrected chi connectivity index (χ2v) is 15.1. The summed E-state index contributed by atoms with van der Waals surface area (Å²) in [6.45, 7) is 6.75. The Labute approximate surface area is 255 Å². The van der Waals surface area contributed by atoms with Crippen LogP contribution in [0.1, 0.15) is 25.1 Å². The van der Waals surface area contributed by atoms with Crippen LogP contribution in [0.3, 0.4) is 0 Å². The number of aryl methyl sites for hydroxylation is 1. The molecule has 0 saturated heterocycles. The number of fused-ring (bicyclic) bond motifs is 2. The summed E-state index contributed by atoms with van der Waals surface area (Å²) in [5, 5.41) is 8.56. The van der Waals surface area contributed by atoms with Crippen LogP contribution in [-0.2, 0) is 5.41 Å². The van der Waals surface area contributed by atoms with Gasteiger partial charge in [-0.2, -0.15) is 5.10 Å². The van der Waals surface area contributed by atoms with Crippen molar-refractivity contribution in [2.24, 2.45) is 9.74 Å². The lowest BCUT2D eigenvalue weighted by atomic mass is 9.84. The molecule has 2 aliphatic rings. The first-order chi connectivity index (χ1) is 20.3. The second kappa shape index (κ2) is 10.1. The molecule has 1 atom stereocenters. The Balaban J connectivity index is 1.66. The van der Waals surface area contributed by atoms with Crippen LogP contribution in [0.4, 0.5) is 17.2 Å². The van der Waals surface area contributed by atoms with Crippen molar-refractivity contribution in [2.75, 3.05) is 11.9 Å². The normalized spacial score (nSPS) is 20.4. The summed E-state index contributed by atoms with van der Waals surface area (Å²) >= 11 is 3.62. The van der Waals surface area contributed by atoms with Gasteiger partial charge in [-0.3, -0.25) is 4.74 Å². The number of hydrogen-bond donors (Lipinski definition) is 0. The summed E-state index contributed by atoms with van der Waals surface area (Å²) in [5.41, 5.74) is 6.34. The quantitative estimate of drug-likeness (QED) is 0.187. The minimum absolute atomic E-state index is 0.261. The topological polar surface area (TPSA) is 45.8 Å². The van der Waals surface area contributed by atoms with E-state index in [1.165, 1.54) is 22.3 Å². The largest absolute Gasteiger partial charge is 0.346 e. The Morgan fingerprint density at radius 1 is 0.810 bits per heavy atom. The summed E-state index contributed by atoms with van der Waals surface area (Å²) in [4.78, 5) is 7.56. The Kier molecular flexibility index (Phi) is 6.45. The van der Waals surface area contributed by atoms with Crippen molar-refractivity contribution >= 4 is 57.0 Å². The molecule has 2 aliphatic heterocycles. The number of benzene rings is 4. The van der Waals surface area contributed by atoms with Gasteiger partial charge in [0, 0.05) is 45.2 Å². The molecule has 4 aromatic carbocycles. The van der Waals surface area contributed by atoms with Gasteiger partial charge in [0.1, 0.15) is 0 Å². The molecule has 1 unspecified atom stereocenters. The van der Waals surface area contributed by atoms with Crippen LogP contribution < -0.4 is 15.5 Å². The molecule has 42 heavy (non-hydrogen) atoms. The maximum atomic E-state index is 5.82. The molecule has 0 bridgehead atoms. The van der Waals surface area contributed by atoms with Gasteiger partial charge in [-0.25, -0.2) is 9.67 Å². The molecular weight excluding hydrogens is 601 g/mol. The first kappa shape index (κ1) is 26.9. The molecule has 7 heteroatoms. The molecule has 208 valence electrons. The van der Waals surface area contributed by atoms with Gasteiger partial charge in [-0.05, 0) is 55.0 Å². The zero-order chi connectivity index (χ0) is 29.1. The van der Waals surface area contributed by atoms with Crippen LogP contribution in [0, 0.1) is 6.92 Å². The van der Waals surface area contributed by atoms with Crippen molar-refractivity contribution in [2.45, 2.75) is 26.2 Å². The van der Waals surface area contributed by atoms with E-state index in [4.69, 9.17) is 14.8 Å². The third-order valence-corrected chi connectivity index (χ3v) is 12.6. The molecule has 7 rings (SSSR count). The van der Waals surface area contributed by atoms with E-state index in [2.05, 4.69) is 146 Å². The molecule has 0 N–H and O–H groups in total. The van der Waals surface area contributed by atoms with Gasteiger partial charge < -0.3 is 4.90 Å². The van der Waals surface area contributed by atoms with E-state index >= 15 is 0 Å². The van der Waals surface area contributed by atoms with E-state index in [0.717, 1.165) is 38.0 Å². The molecule has 5 nitrogen and oxygen atoms in total. The van der Waals surface area contributed by atoms with Crippen molar-refractivity contribution in [3.05, 3.63) is 136 Å². The van der Waals surface area contributed by atoms with Gasteiger partial charge in [0.15, 0.2) is 5.82 Å². The van der Waals surface area contributed by atoms with Gasteiger partial charge >= 0.3 is 0 Å². The molecule has 0 aliphatic carbocycles. The zero-order valence-corrected chi connectivity index (χ0v) is 26.5. The van der Waals surface area contributed by atoms with E-state index < -0.39 is 7.05 Å². The number of rotatable bonds is 3. The van der Waals surface area contributed by atoms with Gasteiger partial charge in [-0.1, -0.05) is 96.5 Å². The second-order valence-electron chi connectivity index (χ2n) is 11.2. The van der Waals surface area contributed by atoms with E-state index in [1.54, 1.807) is 0 Å². The molecular formula is C35H31BrN5P. The van der Waals surface area contributed by atoms with E-state index in [9.17, 15) is 0 Å². The smallest absolute Gasteiger partial charge is 0.165 e. The lowest BCUT2D eigenvalue weighted by Gasteiger charge is -2.35. The predicted octanol–water partition coefficient (Wildman–Crippen LogP) is 8.78. The summed E-state index contributed by atoms with van der Waals surface area (Å²) in [5.74, 6) is 0.845. The Morgan fingerprint density at radius 2 is 1.45 bits per heavy atom. The van der Waals surface area contributed by atoms with Crippen molar-refractivity contribution in [3.8, 4) is 5.69 Å². The van der Waals surface area contributed by atoms with Crippen LogP contribution in [0.2, 0.25) is 0 Å². The van der Waals surface area contributed by atoms with Gasteiger partial charge in [0.25, 0.3) is 0 Å². The molecule has 3 heterocycles. The maximum absolute atomic E-state index is 5.82. The van der Waals surface area contributed by atoms with Gasteiger partial charge in [0.05, 0.1) is 29.4 Å². The van der Waals surface area contributed by atoms with Crippen LogP contribution >= 0.6 is 23.0 Å². The minimum Gasteiger partial charge on any atom is -0.346 e. The van der Waals surface area contributed by atoms with Crippen LogP contribution in [-0.4, -0.2) is 23.0 Å². The highest BCUT2D eigenvalue weighted by molar-refractivity contribution is 9.10. The molecule has 0 fully saturated rings. The molecule has 0 saturated carbocycles. The fourth-order valence-corrected chi connectivity index (χ4v) is 10.9. The summed E-state index contributed by atoms with van der Waals surface area (Å²) in [6.07, 6.45) is 2.09. The highest BCUT2D eigenvalue weighted by Crippen LogP contribution is 2.64. The highest BCUT2D eigenvalue weighted by atomic mass is 79.9. The SMILES string of the molecule is Cc1nn(-c2ccccc2)c2c1P(=Nc1ccc(Br)cc1)(c1ccccc1)/C(=C1\N(C)c3ccccc3C1(C)C)C=N2. The average molecular weight is 633 g/mol. The fourth-order valence-electron chi connectivity index (χ4n) is 6.50. The molecule has 0 amide bonds. The van der Waals surface area contributed by atoms with Crippen molar-refractivity contribution in [3.63, 3.8) is 0 Å². The number of hydrogen-bond acceptors (Lipinski definition) is 4. The number of anilines is 1. The van der Waals surface area contributed by atoms with Crippen LogP contribution in [0.5, 0.6) is 0 Å². The monoisotopic (exact) mass is 631 g/mol. The van der Waals surface area contributed by atoms with E-state index in [-0.39, 0.29) is 5.41 Å². The van der Waals surface area contributed by atoms with Gasteiger partial charge in [0.2, 0.25) is 0 Å². The zero-order valence-electron chi connectivity index (χ0n) is 24.0. The number of halogens is 1. The number of nitrogens with zero attached hydrogens (tertiary/aromatic N) is 5. The summed E-state index contributed by atoms with van der Waals surface area (Å²) < 4.78 is 8.83. The number of aliphatic imine (C=N–C) groups is 1. The van der Waals surface area contributed by atoms with Crippen LogP contribution in [0.15, 0.2) is 134 Å². The molecule has 1 aromatic heterocycles. The fraction of sp³-hybridized carbons (Fsp3) is 0.143. The Morgan fingerprint density at radius 3 is 2.14 bits per heavy atom. The molecule has 0 radical (unpaired) electrons. The third kappa shape index (κ3) is 4.00. The van der Waals surface area contributed by atoms with Crippen molar-refractivity contribution < 1.29 is 0 Å². The van der Waals surface area contributed by atoms with E-state index in [0.29, 0.717) is 0 Å². The highest BCUT2D eigenvalue weighted by Gasteiger charge is 2.47. The third-order valence-electron chi connectivity index (χ3n) is 8.32. The number of likely N-dealkylation sites (N-methyl/N-ethyl adjacent to an activating group) is 1. The molecule has 0 spiro atoms. The predicted molar refractivity (Wildman–Crippen MR) is 180 cm³/mol.